The highest BCUT2D eigenvalue weighted by atomic mass is 32.1. The number of hydrogen-bond donors (Lipinski definition) is 1. The number of nitrogens with one attached hydrogen (secondary N) is 1. The molecule has 0 unspecified atom stereocenters. The largest absolute Gasteiger partial charge is 0.349 e. The van der Waals surface area contributed by atoms with Gasteiger partial charge in [0.15, 0.2) is 5.11 Å². The van der Waals surface area contributed by atoms with Gasteiger partial charge in [-0.05, 0) is 55.1 Å². The minimum atomic E-state index is -0.270. The molecule has 1 aliphatic heterocycles. The molecule has 0 aliphatic carbocycles. The van der Waals surface area contributed by atoms with E-state index in [0.717, 1.165) is 32.4 Å². The fourth-order valence-electron chi connectivity index (χ4n) is 3.04. The van der Waals surface area contributed by atoms with Crippen LogP contribution in [0.4, 0.5) is 10.1 Å². The van der Waals surface area contributed by atoms with Gasteiger partial charge in [0.25, 0.3) is 0 Å². The van der Waals surface area contributed by atoms with Crippen molar-refractivity contribution in [2.24, 2.45) is 5.92 Å². The Bertz CT molecular complexity index is 651. The predicted molar refractivity (Wildman–Crippen MR) is 97.1 cm³/mol. The summed E-state index contributed by atoms with van der Waals surface area (Å²) in [6.07, 6.45) is 3.37. The van der Waals surface area contributed by atoms with E-state index in [9.17, 15) is 4.39 Å². The second-order valence-corrected chi connectivity index (χ2v) is 6.42. The van der Waals surface area contributed by atoms with E-state index in [1.165, 1.54) is 11.6 Å². The summed E-state index contributed by atoms with van der Waals surface area (Å²) in [6, 6.07) is 17.3. The number of hydrogen-bond acceptors (Lipinski definition) is 1. The first-order chi connectivity index (χ1) is 11.2. The second kappa shape index (κ2) is 7.55. The molecule has 3 rings (SSSR count). The van der Waals surface area contributed by atoms with E-state index in [-0.39, 0.29) is 5.82 Å². The molecule has 1 fully saturated rings. The van der Waals surface area contributed by atoms with Crippen LogP contribution in [0.25, 0.3) is 0 Å². The lowest BCUT2D eigenvalue weighted by molar-refractivity contribution is 0.268. The van der Waals surface area contributed by atoms with Crippen molar-refractivity contribution in [3.63, 3.8) is 0 Å². The molecule has 4 heteroatoms. The first-order valence-electron chi connectivity index (χ1n) is 8.07. The molecule has 0 aromatic heterocycles. The van der Waals surface area contributed by atoms with Crippen LogP contribution in [0.1, 0.15) is 18.4 Å². The smallest absolute Gasteiger partial charge is 0.173 e. The molecule has 0 bridgehead atoms. The lowest BCUT2D eigenvalue weighted by atomic mass is 9.90. The van der Waals surface area contributed by atoms with E-state index in [2.05, 4.69) is 40.5 Å². The normalized spacial score (nSPS) is 15.4. The van der Waals surface area contributed by atoms with Crippen LogP contribution in [-0.4, -0.2) is 23.1 Å². The van der Waals surface area contributed by atoms with Crippen molar-refractivity contribution in [2.75, 3.05) is 18.4 Å². The van der Waals surface area contributed by atoms with Crippen molar-refractivity contribution in [1.29, 1.82) is 0 Å². The summed E-state index contributed by atoms with van der Waals surface area (Å²) in [7, 11) is 0. The number of benzene rings is 2. The molecule has 120 valence electrons. The Morgan fingerprint density at radius 2 is 1.70 bits per heavy atom. The van der Waals surface area contributed by atoms with Crippen LogP contribution in [0, 0.1) is 11.7 Å². The number of halogens is 1. The van der Waals surface area contributed by atoms with E-state index < -0.39 is 0 Å². The summed E-state index contributed by atoms with van der Waals surface area (Å²) < 4.78 is 13.7. The van der Waals surface area contributed by atoms with E-state index in [1.807, 2.05) is 0 Å². The molecule has 2 aromatic rings. The summed E-state index contributed by atoms with van der Waals surface area (Å²) in [5.74, 6) is 0.429. The van der Waals surface area contributed by atoms with Gasteiger partial charge in [0.05, 0.1) is 5.69 Å². The van der Waals surface area contributed by atoms with E-state index in [4.69, 9.17) is 12.2 Å². The highest BCUT2D eigenvalue weighted by molar-refractivity contribution is 7.80. The minimum Gasteiger partial charge on any atom is -0.349 e. The molecule has 0 radical (unpaired) electrons. The van der Waals surface area contributed by atoms with Crippen LogP contribution >= 0.6 is 12.2 Å². The van der Waals surface area contributed by atoms with Crippen molar-refractivity contribution in [3.8, 4) is 0 Å². The number of para-hydroxylation sites is 1. The third kappa shape index (κ3) is 4.29. The maximum Gasteiger partial charge on any atom is 0.173 e. The molecule has 1 aliphatic rings. The Kier molecular flexibility index (Phi) is 5.23. The van der Waals surface area contributed by atoms with Crippen LogP contribution in [0.5, 0.6) is 0 Å². The summed E-state index contributed by atoms with van der Waals surface area (Å²) in [5.41, 5.74) is 1.85. The maximum absolute atomic E-state index is 13.7. The topological polar surface area (TPSA) is 15.3 Å². The van der Waals surface area contributed by atoms with Crippen LogP contribution in [0.3, 0.4) is 0 Å². The molecular formula is C19H21FN2S. The number of likely N-dealkylation sites (tertiary alicyclic amines) is 1. The van der Waals surface area contributed by atoms with Gasteiger partial charge in [-0.1, -0.05) is 42.5 Å². The van der Waals surface area contributed by atoms with Gasteiger partial charge in [-0.2, -0.15) is 0 Å². The average molecular weight is 328 g/mol. The van der Waals surface area contributed by atoms with Crippen LogP contribution in [0.15, 0.2) is 54.6 Å². The number of anilines is 1. The van der Waals surface area contributed by atoms with Gasteiger partial charge in [-0.3, -0.25) is 0 Å². The molecule has 1 heterocycles. The highest BCUT2D eigenvalue weighted by Gasteiger charge is 2.21. The van der Waals surface area contributed by atoms with Crippen LogP contribution in [0.2, 0.25) is 0 Å². The number of nitrogens with zero attached hydrogens (tertiary/aromatic N) is 1. The highest BCUT2D eigenvalue weighted by Crippen LogP contribution is 2.22. The van der Waals surface area contributed by atoms with Gasteiger partial charge in [0.1, 0.15) is 5.82 Å². The Morgan fingerprint density at radius 3 is 2.39 bits per heavy atom. The fraction of sp³-hybridized carbons (Fsp3) is 0.316. The summed E-state index contributed by atoms with van der Waals surface area (Å²) >= 11 is 5.43. The molecular weight excluding hydrogens is 307 g/mol. The fourth-order valence-corrected chi connectivity index (χ4v) is 3.34. The Morgan fingerprint density at radius 1 is 1.04 bits per heavy atom. The van der Waals surface area contributed by atoms with Gasteiger partial charge >= 0.3 is 0 Å². The average Bonchev–Trinajstić information content (AvgIpc) is 2.58. The van der Waals surface area contributed by atoms with Gasteiger partial charge in [-0.25, -0.2) is 4.39 Å². The Hall–Kier alpha value is -1.94. The molecule has 2 nitrogen and oxygen atoms in total. The third-order valence-electron chi connectivity index (χ3n) is 4.38. The quantitative estimate of drug-likeness (QED) is 0.837. The lowest BCUT2D eigenvalue weighted by Crippen LogP contribution is -2.41. The van der Waals surface area contributed by atoms with Crippen molar-refractivity contribution in [3.05, 3.63) is 66.0 Å². The minimum absolute atomic E-state index is 0.270. The molecule has 23 heavy (non-hydrogen) atoms. The summed E-state index contributed by atoms with van der Waals surface area (Å²) in [4.78, 5) is 2.14. The van der Waals surface area contributed by atoms with Crippen LogP contribution < -0.4 is 5.32 Å². The lowest BCUT2D eigenvalue weighted by Gasteiger charge is -2.34. The maximum atomic E-state index is 13.7. The van der Waals surface area contributed by atoms with E-state index in [0.29, 0.717) is 16.7 Å². The Balaban J connectivity index is 1.50. The third-order valence-corrected chi connectivity index (χ3v) is 4.74. The molecule has 1 saturated heterocycles. The first-order valence-corrected chi connectivity index (χ1v) is 8.47. The molecule has 0 amide bonds. The molecule has 0 saturated carbocycles. The van der Waals surface area contributed by atoms with Gasteiger partial charge < -0.3 is 10.2 Å². The monoisotopic (exact) mass is 328 g/mol. The zero-order valence-corrected chi connectivity index (χ0v) is 13.9. The van der Waals surface area contributed by atoms with Crippen molar-refractivity contribution in [1.82, 2.24) is 4.90 Å². The van der Waals surface area contributed by atoms with Crippen molar-refractivity contribution in [2.45, 2.75) is 19.3 Å². The van der Waals surface area contributed by atoms with Crippen molar-refractivity contribution >= 4 is 23.0 Å². The van der Waals surface area contributed by atoms with Crippen molar-refractivity contribution < 1.29 is 4.39 Å². The first kappa shape index (κ1) is 15.9. The summed E-state index contributed by atoms with van der Waals surface area (Å²) in [6.45, 7) is 1.86. The SMILES string of the molecule is Fc1ccccc1NC(=S)N1CCC(Cc2ccccc2)CC1. The van der Waals surface area contributed by atoms with Gasteiger partial charge in [0, 0.05) is 13.1 Å². The second-order valence-electron chi connectivity index (χ2n) is 6.03. The predicted octanol–water partition coefficient (Wildman–Crippen LogP) is 4.48. The Labute approximate surface area is 142 Å². The molecule has 2 aromatic carbocycles. The molecule has 0 spiro atoms. The summed E-state index contributed by atoms with van der Waals surface area (Å²) in [5, 5.41) is 3.65. The molecule has 1 N–H and O–H groups in total. The zero-order valence-electron chi connectivity index (χ0n) is 13.0. The number of thiocarbonyl (C=S) groups is 1. The van der Waals surface area contributed by atoms with Gasteiger partial charge in [0.2, 0.25) is 0 Å². The van der Waals surface area contributed by atoms with Gasteiger partial charge in [-0.15, -0.1) is 0 Å². The number of piperidine rings is 1. The molecule has 0 atom stereocenters. The van der Waals surface area contributed by atoms with Crippen LogP contribution in [-0.2, 0) is 6.42 Å². The van der Waals surface area contributed by atoms with E-state index in [1.54, 1.807) is 18.2 Å². The number of rotatable bonds is 3. The van der Waals surface area contributed by atoms with E-state index >= 15 is 0 Å². The standard InChI is InChI=1S/C19H21FN2S/c20-17-8-4-5-9-18(17)21-19(23)22-12-10-16(11-13-22)14-15-6-2-1-3-7-15/h1-9,16H,10-14H2,(H,21,23). The zero-order chi connectivity index (χ0) is 16.1.